The van der Waals surface area contributed by atoms with Gasteiger partial charge in [-0.05, 0) is 23.5 Å². The average Bonchev–Trinajstić information content (AvgIpc) is 3.00. The molecule has 24 heavy (non-hydrogen) atoms. The molecule has 0 saturated carbocycles. The van der Waals surface area contributed by atoms with E-state index in [1.165, 1.54) is 0 Å². The third-order valence-electron chi connectivity index (χ3n) is 3.50. The summed E-state index contributed by atoms with van der Waals surface area (Å²) in [6, 6.07) is 9.73. The monoisotopic (exact) mass is 325 g/mol. The molecule has 1 amide bonds. The lowest BCUT2D eigenvalue weighted by atomic mass is 9.85. The normalized spacial score (nSPS) is 12.2. The molecular weight excluding hydrogens is 306 g/mol. The molecule has 1 atom stereocenters. The van der Waals surface area contributed by atoms with Crippen molar-refractivity contribution in [3.63, 3.8) is 0 Å². The van der Waals surface area contributed by atoms with Crippen molar-refractivity contribution in [3.8, 4) is 18.0 Å². The van der Waals surface area contributed by atoms with Crippen LogP contribution in [0.5, 0.6) is 0 Å². The number of amides is 1. The SMILES string of the molecule is C#CC(=O)N(c1ccn(-c2ccccc2)n1)C(C(=O)O)C(C)(C)C. The molecule has 6 nitrogen and oxygen atoms in total. The Morgan fingerprint density at radius 1 is 1.25 bits per heavy atom. The van der Waals surface area contributed by atoms with Crippen LogP contribution in [-0.2, 0) is 9.59 Å². The fourth-order valence-electron chi connectivity index (χ4n) is 2.46. The summed E-state index contributed by atoms with van der Waals surface area (Å²) in [5.74, 6) is 0.314. The number of hydrogen-bond donors (Lipinski definition) is 1. The van der Waals surface area contributed by atoms with Crippen molar-refractivity contribution in [1.82, 2.24) is 9.78 Å². The molecule has 0 spiro atoms. The predicted molar refractivity (Wildman–Crippen MR) is 90.8 cm³/mol. The Morgan fingerprint density at radius 3 is 2.38 bits per heavy atom. The molecule has 0 fully saturated rings. The van der Waals surface area contributed by atoms with Gasteiger partial charge in [-0.25, -0.2) is 9.48 Å². The number of carboxylic acids is 1. The number of aliphatic carboxylic acids is 1. The second kappa shape index (κ2) is 6.59. The van der Waals surface area contributed by atoms with Crippen molar-refractivity contribution < 1.29 is 14.7 Å². The fraction of sp³-hybridized carbons (Fsp3) is 0.278. The van der Waals surface area contributed by atoms with Gasteiger partial charge in [-0.15, -0.1) is 11.5 Å². The van der Waals surface area contributed by atoms with Crippen LogP contribution >= 0.6 is 0 Å². The van der Waals surface area contributed by atoms with Gasteiger partial charge in [0.2, 0.25) is 0 Å². The van der Waals surface area contributed by atoms with Crippen LogP contribution in [0.3, 0.4) is 0 Å². The quantitative estimate of drug-likeness (QED) is 0.876. The number of carbonyl (C=O) groups excluding carboxylic acids is 1. The zero-order valence-corrected chi connectivity index (χ0v) is 13.8. The first-order chi connectivity index (χ1) is 11.3. The van der Waals surface area contributed by atoms with Gasteiger partial charge in [0.05, 0.1) is 5.69 Å². The van der Waals surface area contributed by atoms with Gasteiger partial charge in [-0.1, -0.05) is 39.0 Å². The van der Waals surface area contributed by atoms with Crippen molar-refractivity contribution in [2.75, 3.05) is 4.90 Å². The van der Waals surface area contributed by atoms with Crippen LogP contribution in [0.2, 0.25) is 0 Å². The van der Waals surface area contributed by atoms with Crippen LogP contribution in [0.25, 0.3) is 5.69 Å². The Kier molecular flexibility index (Phi) is 4.74. The highest BCUT2D eigenvalue weighted by molar-refractivity contribution is 6.08. The summed E-state index contributed by atoms with van der Waals surface area (Å²) >= 11 is 0. The molecule has 124 valence electrons. The number of rotatable bonds is 4. The molecule has 6 heteroatoms. The topological polar surface area (TPSA) is 75.4 Å². The van der Waals surface area contributed by atoms with Crippen LogP contribution < -0.4 is 4.90 Å². The van der Waals surface area contributed by atoms with Crippen LogP contribution in [-0.4, -0.2) is 32.8 Å². The van der Waals surface area contributed by atoms with E-state index in [2.05, 4.69) is 5.10 Å². The Hall–Kier alpha value is -3.07. The molecule has 1 heterocycles. The van der Waals surface area contributed by atoms with Gasteiger partial charge >= 0.3 is 11.9 Å². The number of terminal acetylenes is 1. The van der Waals surface area contributed by atoms with Crippen molar-refractivity contribution in [1.29, 1.82) is 0 Å². The number of aromatic nitrogens is 2. The summed E-state index contributed by atoms with van der Waals surface area (Å²) in [4.78, 5) is 25.0. The number of benzene rings is 1. The number of anilines is 1. The van der Waals surface area contributed by atoms with E-state index in [1.54, 1.807) is 37.7 Å². The van der Waals surface area contributed by atoms with Crippen LogP contribution in [0.15, 0.2) is 42.6 Å². The summed E-state index contributed by atoms with van der Waals surface area (Å²) in [5, 5.41) is 13.9. The van der Waals surface area contributed by atoms with E-state index < -0.39 is 23.3 Å². The average molecular weight is 325 g/mol. The first-order valence-electron chi connectivity index (χ1n) is 7.39. The van der Waals surface area contributed by atoms with E-state index in [0.717, 1.165) is 10.6 Å². The Labute approximate surface area is 140 Å². The van der Waals surface area contributed by atoms with Gasteiger partial charge in [-0.3, -0.25) is 9.69 Å². The third-order valence-corrected chi connectivity index (χ3v) is 3.50. The molecule has 2 rings (SSSR count). The maximum Gasteiger partial charge on any atom is 0.327 e. The summed E-state index contributed by atoms with van der Waals surface area (Å²) < 4.78 is 1.56. The van der Waals surface area contributed by atoms with Crippen LogP contribution in [0, 0.1) is 17.8 Å². The summed E-state index contributed by atoms with van der Waals surface area (Å²) in [5.41, 5.74) is 0.0639. The van der Waals surface area contributed by atoms with Crippen molar-refractivity contribution in [2.24, 2.45) is 5.41 Å². The first kappa shape index (κ1) is 17.3. The van der Waals surface area contributed by atoms with E-state index in [0.29, 0.717) is 0 Å². The van der Waals surface area contributed by atoms with E-state index in [4.69, 9.17) is 6.42 Å². The Morgan fingerprint density at radius 2 is 1.88 bits per heavy atom. The lowest BCUT2D eigenvalue weighted by Crippen LogP contribution is -2.52. The van der Waals surface area contributed by atoms with Crippen molar-refractivity contribution >= 4 is 17.7 Å². The predicted octanol–water partition coefficient (Wildman–Crippen LogP) is 2.34. The second-order valence-corrected chi connectivity index (χ2v) is 6.38. The summed E-state index contributed by atoms with van der Waals surface area (Å²) in [6.07, 6.45) is 6.90. The fourth-order valence-corrected chi connectivity index (χ4v) is 2.46. The van der Waals surface area contributed by atoms with Crippen molar-refractivity contribution in [2.45, 2.75) is 26.8 Å². The molecule has 0 bridgehead atoms. The highest BCUT2D eigenvalue weighted by Gasteiger charge is 2.40. The molecule has 0 aliphatic carbocycles. The molecule has 1 aromatic heterocycles. The van der Waals surface area contributed by atoms with Gasteiger partial charge in [0.15, 0.2) is 5.82 Å². The van der Waals surface area contributed by atoms with Crippen LogP contribution in [0.4, 0.5) is 5.82 Å². The largest absolute Gasteiger partial charge is 0.480 e. The third kappa shape index (κ3) is 3.46. The molecule has 1 N–H and O–H groups in total. The van der Waals surface area contributed by atoms with Gasteiger partial charge in [0, 0.05) is 12.3 Å². The highest BCUT2D eigenvalue weighted by atomic mass is 16.4. The van der Waals surface area contributed by atoms with Gasteiger partial charge < -0.3 is 5.11 Å². The lowest BCUT2D eigenvalue weighted by Gasteiger charge is -2.34. The zero-order chi connectivity index (χ0) is 17.9. The minimum absolute atomic E-state index is 0.198. The van der Waals surface area contributed by atoms with Gasteiger partial charge in [0.1, 0.15) is 6.04 Å². The molecule has 0 saturated heterocycles. The van der Waals surface area contributed by atoms with E-state index in [1.807, 2.05) is 36.3 Å². The maximum absolute atomic E-state index is 12.2. The molecule has 0 aliphatic heterocycles. The smallest absolute Gasteiger partial charge is 0.327 e. The molecule has 2 aromatic rings. The van der Waals surface area contributed by atoms with Crippen molar-refractivity contribution in [3.05, 3.63) is 42.6 Å². The number of carboxylic acid groups (broad SMARTS) is 1. The van der Waals surface area contributed by atoms with Crippen LogP contribution in [0.1, 0.15) is 20.8 Å². The molecule has 0 radical (unpaired) electrons. The zero-order valence-electron chi connectivity index (χ0n) is 13.8. The van der Waals surface area contributed by atoms with E-state index >= 15 is 0 Å². The second-order valence-electron chi connectivity index (χ2n) is 6.38. The minimum atomic E-state index is -1.14. The number of para-hydroxylation sites is 1. The minimum Gasteiger partial charge on any atom is -0.480 e. The molecular formula is C18H19N3O3. The Bertz CT molecular complexity index is 782. The number of hydrogen-bond acceptors (Lipinski definition) is 3. The highest BCUT2D eigenvalue weighted by Crippen LogP contribution is 2.29. The standard InChI is InChI=1S/C18H19N3O3/c1-5-15(22)21(16(17(23)24)18(2,3)4)14-11-12-20(19-14)13-9-7-6-8-10-13/h1,6-12,16H,2-4H3,(H,23,24). The lowest BCUT2D eigenvalue weighted by molar-refractivity contribution is -0.142. The summed E-state index contributed by atoms with van der Waals surface area (Å²) in [6.45, 7) is 5.20. The number of carbonyl (C=O) groups is 2. The number of nitrogens with zero attached hydrogens (tertiary/aromatic N) is 3. The summed E-state index contributed by atoms with van der Waals surface area (Å²) in [7, 11) is 0. The van der Waals surface area contributed by atoms with Gasteiger partial charge in [0.25, 0.3) is 0 Å². The van der Waals surface area contributed by atoms with E-state index in [9.17, 15) is 14.7 Å². The molecule has 0 aliphatic rings. The Balaban J connectivity index is 2.51. The first-order valence-corrected chi connectivity index (χ1v) is 7.39. The maximum atomic E-state index is 12.2. The van der Waals surface area contributed by atoms with E-state index in [-0.39, 0.29) is 5.82 Å². The molecule has 1 unspecified atom stereocenters. The van der Waals surface area contributed by atoms with Gasteiger partial charge in [-0.2, -0.15) is 0 Å². The molecule has 1 aromatic carbocycles.